The van der Waals surface area contributed by atoms with Gasteiger partial charge in [-0.1, -0.05) is 5.92 Å². The second kappa shape index (κ2) is 3.60. The molecule has 4 rings (SSSR count). The monoisotopic (exact) mass is 216 g/mol. The molecule has 0 spiro atoms. The zero-order valence-electron chi connectivity index (χ0n) is 8.81. The smallest absolute Gasteiger partial charge is 0.312 e. The molecule has 82 valence electrons. The van der Waals surface area contributed by atoms with Gasteiger partial charge in [0.25, 0.3) is 0 Å². The van der Waals surface area contributed by atoms with Crippen LogP contribution in [0.1, 0.15) is 11.1 Å². The van der Waals surface area contributed by atoms with Crippen LogP contribution in [0.2, 0.25) is 0 Å². The third-order valence-corrected chi connectivity index (χ3v) is 2.93. The van der Waals surface area contributed by atoms with E-state index in [1.807, 2.05) is 24.3 Å². The van der Waals surface area contributed by atoms with E-state index in [2.05, 4.69) is 5.92 Å². The minimum Gasteiger partial charge on any atom is -0.323 e. The molecular formula is C13H12O3. The summed E-state index contributed by atoms with van der Waals surface area (Å²) in [5, 5.41) is 0. The summed E-state index contributed by atoms with van der Waals surface area (Å²) in [6, 6.07) is 7.50. The molecule has 2 bridgehead atoms. The summed E-state index contributed by atoms with van der Waals surface area (Å²) < 4.78 is 16.9. The van der Waals surface area contributed by atoms with Crippen LogP contribution in [0.15, 0.2) is 24.3 Å². The van der Waals surface area contributed by atoms with Gasteiger partial charge in [0.1, 0.15) is 0 Å². The highest BCUT2D eigenvalue weighted by molar-refractivity contribution is 5.35. The molecule has 0 aliphatic carbocycles. The lowest BCUT2D eigenvalue weighted by Crippen LogP contribution is -2.51. The van der Waals surface area contributed by atoms with Gasteiger partial charge >= 0.3 is 5.97 Å². The van der Waals surface area contributed by atoms with E-state index in [-0.39, 0.29) is 0 Å². The van der Waals surface area contributed by atoms with Gasteiger partial charge in [-0.25, -0.2) is 0 Å². The lowest BCUT2D eigenvalue weighted by molar-refractivity contribution is -0.460. The molecule has 0 amide bonds. The highest BCUT2D eigenvalue weighted by atomic mass is 16.9. The Bertz CT molecular complexity index is 408. The summed E-state index contributed by atoms with van der Waals surface area (Å²) in [5.74, 6) is 1.94. The van der Waals surface area contributed by atoms with Crippen LogP contribution < -0.4 is 0 Å². The quantitative estimate of drug-likeness (QED) is 0.665. The van der Waals surface area contributed by atoms with Crippen molar-refractivity contribution >= 4 is 0 Å². The first-order valence-corrected chi connectivity index (χ1v) is 5.31. The Morgan fingerprint density at radius 2 is 1.62 bits per heavy atom. The van der Waals surface area contributed by atoms with Gasteiger partial charge < -0.3 is 14.2 Å². The molecule has 3 nitrogen and oxygen atoms in total. The van der Waals surface area contributed by atoms with Crippen LogP contribution in [0, 0.1) is 18.3 Å². The van der Waals surface area contributed by atoms with Crippen LogP contribution in [-0.4, -0.2) is 19.8 Å². The van der Waals surface area contributed by atoms with Crippen LogP contribution in [-0.2, 0) is 20.2 Å². The van der Waals surface area contributed by atoms with Crippen molar-refractivity contribution in [2.75, 3.05) is 19.8 Å². The summed E-state index contributed by atoms with van der Waals surface area (Å²) in [7, 11) is 0. The van der Waals surface area contributed by atoms with Gasteiger partial charge in [-0.3, -0.25) is 0 Å². The van der Waals surface area contributed by atoms with Crippen LogP contribution in [0.4, 0.5) is 0 Å². The normalized spacial score (nSPS) is 32.3. The summed E-state index contributed by atoms with van der Waals surface area (Å²) in [5.41, 5.74) is 1.70. The maximum absolute atomic E-state index is 5.63. The highest BCUT2D eigenvalue weighted by Crippen LogP contribution is 2.38. The Kier molecular flexibility index (Phi) is 2.22. The molecule has 0 aromatic heterocycles. The van der Waals surface area contributed by atoms with Crippen molar-refractivity contribution in [2.45, 2.75) is 5.97 Å². The molecule has 3 saturated heterocycles. The maximum Gasteiger partial charge on any atom is 0.312 e. The van der Waals surface area contributed by atoms with Gasteiger partial charge in [-0.05, 0) is 24.3 Å². The van der Waals surface area contributed by atoms with Crippen molar-refractivity contribution in [3.8, 4) is 12.3 Å². The number of hydrogen-bond acceptors (Lipinski definition) is 3. The fourth-order valence-corrected chi connectivity index (χ4v) is 1.97. The number of hydrogen-bond donors (Lipinski definition) is 0. The lowest BCUT2D eigenvalue weighted by Gasteiger charge is -2.45. The summed E-state index contributed by atoms with van der Waals surface area (Å²) in [6.45, 7) is 2.07. The zero-order chi connectivity index (χ0) is 11.0. The first-order valence-electron chi connectivity index (χ1n) is 5.31. The molecule has 3 heteroatoms. The van der Waals surface area contributed by atoms with Gasteiger partial charge in [-0.2, -0.15) is 0 Å². The van der Waals surface area contributed by atoms with E-state index in [1.54, 1.807) is 0 Å². The van der Waals surface area contributed by atoms with Crippen molar-refractivity contribution < 1.29 is 14.2 Å². The Morgan fingerprint density at radius 3 is 2.12 bits per heavy atom. The number of ether oxygens (including phenoxy) is 3. The number of rotatable bonds is 1. The van der Waals surface area contributed by atoms with E-state index in [0.717, 1.165) is 11.1 Å². The van der Waals surface area contributed by atoms with E-state index in [4.69, 9.17) is 20.6 Å². The molecule has 16 heavy (non-hydrogen) atoms. The molecule has 3 aliphatic heterocycles. The fourth-order valence-electron chi connectivity index (χ4n) is 1.97. The fraction of sp³-hybridized carbons (Fsp3) is 0.385. The average molecular weight is 216 g/mol. The molecule has 0 saturated carbocycles. The second-order valence-electron chi connectivity index (χ2n) is 4.08. The van der Waals surface area contributed by atoms with Gasteiger partial charge in [0.2, 0.25) is 0 Å². The first-order chi connectivity index (χ1) is 7.82. The number of terminal acetylenes is 1. The highest BCUT2D eigenvalue weighted by Gasteiger charge is 2.46. The molecule has 1 aromatic rings. The van der Waals surface area contributed by atoms with Crippen molar-refractivity contribution in [2.24, 2.45) is 5.92 Å². The molecule has 0 unspecified atom stereocenters. The molecule has 3 fully saturated rings. The van der Waals surface area contributed by atoms with Gasteiger partial charge in [-0.15, -0.1) is 6.42 Å². The summed E-state index contributed by atoms with van der Waals surface area (Å²) in [6.07, 6.45) is 5.31. The Labute approximate surface area is 94.3 Å². The van der Waals surface area contributed by atoms with Crippen LogP contribution in [0.25, 0.3) is 0 Å². The van der Waals surface area contributed by atoms with Crippen molar-refractivity contribution in [3.05, 3.63) is 35.4 Å². The molecule has 3 heterocycles. The molecule has 0 radical (unpaired) electrons. The van der Waals surface area contributed by atoms with Crippen LogP contribution in [0.3, 0.4) is 0 Å². The average Bonchev–Trinajstić information content (AvgIpc) is 2.41. The molecule has 1 aromatic carbocycles. The summed E-state index contributed by atoms with van der Waals surface area (Å²) in [4.78, 5) is 0. The number of benzene rings is 1. The standard InChI is InChI=1S/C13H12O3/c1-2-10-3-5-12(6-4-10)13-14-7-11(8-15-13)9-16-13/h1,3-6,11H,7-9H2. The van der Waals surface area contributed by atoms with Gasteiger partial charge in [0.05, 0.1) is 19.8 Å². The number of fused-ring (bicyclic) bond motifs is 3. The van der Waals surface area contributed by atoms with E-state index >= 15 is 0 Å². The maximum atomic E-state index is 5.63. The third kappa shape index (κ3) is 1.43. The van der Waals surface area contributed by atoms with Gasteiger partial charge in [0.15, 0.2) is 0 Å². The minimum absolute atomic E-state index is 0.367. The van der Waals surface area contributed by atoms with Crippen molar-refractivity contribution in [1.82, 2.24) is 0 Å². The lowest BCUT2D eigenvalue weighted by atomic mass is 10.1. The topological polar surface area (TPSA) is 27.7 Å². The SMILES string of the molecule is C#Cc1ccc(C23OCC(CO2)CO3)cc1. The van der Waals surface area contributed by atoms with Crippen molar-refractivity contribution in [3.63, 3.8) is 0 Å². The van der Waals surface area contributed by atoms with Crippen LogP contribution in [0.5, 0.6) is 0 Å². The van der Waals surface area contributed by atoms with E-state index in [9.17, 15) is 0 Å². The van der Waals surface area contributed by atoms with E-state index < -0.39 is 5.97 Å². The predicted molar refractivity (Wildman–Crippen MR) is 57.4 cm³/mol. The van der Waals surface area contributed by atoms with Crippen molar-refractivity contribution in [1.29, 1.82) is 0 Å². The Balaban J connectivity index is 1.93. The second-order valence-corrected chi connectivity index (χ2v) is 4.08. The van der Waals surface area contributed by atoms with E-state index in [1.165, 1.54) is 0 Å². The summed E-state index contributed by atoms with van der Waals surface area (Å²) >= 11 is 0. The molecular weight excluding hydrogens is 204 g/mol. The zero-order valence-corrected chi connectivity index (χ0v) is 8.81. The largest absolute Gasteiger partial charge is 0.323 e. The Morgan fingerprint density at radius 1 is 1.06 bits per heavy atom. The third-order valence-electron chi connectivity index (χ3n) is 2.93. The minimum atomic E-state index is -0.998. The van der Waals surface area contributed by atoms with E-state index in [0.29, 0.717) is 25.7 Å². The predicted octanol–water partition coefficient (Wildman–Crippen LogP) is 1.47. The first kappa shape index (κ1) is 9.86. The Hall–Kier alpha value is -1.34. The van der Waals surface area contributed by atoms with Gasteiger partial charge in [0, 0.05) is 17.0 Å². The molecule has 0 atom stereocenters. The molecule has 3 aliphatic rings. The molecule has 0 N–H and O–H groups in total. The van der Waals surface area contributed by atoms with Crippen LogP contribution >= 0.6 is 0 Å².